The fourth-order valence-electron chi connectivity index (χ4n) is 4.86. The Kier molecular flexibility index (Phi) is 5.87. The molecule has 35 heavy (non-hydrogen) atoms. The maximum absolute atomic E-state index is 12.4. The maximum Gasteiger partial charge on any atom is 0.408 e. The van der Waals surface area contributed by atoms with Crippen molar-refractivity contribution in [2.75, 3.05) is 0 Å². The predicted molar refractivity (Wildman–Crippen MR) is 136 cm³/mol. The normalized spacial score (nSPS) is 15.9. The fourth-order valence-corrected chi connectivity index (χ4v) is 4.86. The topological polar surface area (TPSA) is 82.2 Å². The van der Waals surface area contributed by atoms with Crippen LogP contribution in [0.25, 0.3) is 33.7 Å². The number of carbonyl (C=O) groups is 1. The minimum absolute atomic E-state index is 0.104. The summed E-state index contributed by atoms with van der Waals surface area (Å²) < 4.78 is 13.4. The Balaban J connectivity index is 1.43. The zero-order valence-electron chi connectivity index (χ0n) is 21.0. The van der Waals surface area contributed by atoms with Crippen molar-refractivity contribution in [1.82, 2.24) is 20.0 Å². The van der Waals surface area contributed by atoms with Crippen molar-refractivity contribution < 1.29 is 14.1 Å². The third kappa shape index (κ3) is 4.67. The average molecular weight is 473 g/mol. The molecule has 1 unspecified atom stereocenters. The van der Waals surface area contributed by atoms with Gasteiger partial charge in [0.2, 0.25) is 5.82 Å². The van der Waals surface area contributed by atoms with Crippen LogP contribution in [0.1, 0.15) is 70.7 Å². The number of carbonyl (C=O) groups excluding carboxylic acids is 1. The van der Waals surface area contributed by atoms with Gasteiger partial charge in [-0.25, -0.2) is 4.79 Å². The van der Waals surface area contributed by atoms with Crippen LogP contribution in [-0.4, -0.2) is 26.4 Å². The Morgan fingerprint density at radius 3 is 2.80 bits per heavy atom. The van der Waals surface area contributed by atoms with E-state index in [-0.39, 0.29) is 6.04 Å². The van der Waals surface area contributed by atoms with Crippen LogP contribution in [0.15, 0.2) is 53.2 Å². The van der Waals surface area contributed by atoms with Gasteiger partial charge in [0.25, 0.3) is 5.89 Å². The molecule has 7 heteroatoms. The molecule has 1 aliphatic carbocycles. The van der Waals surface area contributed by atoms with Gasteiger partial charge in [0, 0.05) is 34.3 Å². The summed E-state index contributed by atoms with van der Waals surface area (Å²) in [5, 5.41) is 8.50. The highest BCUT2D eigenvalue weighted by atomic mass is 16.6. The number of amides is 1. The summed E-state index contributed by atoms with van der Waals surface area (Å²) in [5.74, 6) is 1.06. The molecule has 0 saturated heterocycles. The van der Waals surface area contributed by atoms with E-state index < -0.39 is 11.7 Å². The zero-order chi connectivity index (χ0) is 24.7. The van der Waals surface area contributed by atoms with Crippen LogP contribution in [0.5, 0.6) is 0 Å². The first-order valence-corrected chi connectivity index (χ1v) is 12.3. The number of alkyl carbamates (subject to hydrolysis) is 1. The van der Waals surface area contributed by atoms with Crippen LogP contribution in [0.3, 0.4) is 0 Å². The molecule has 1 aliphatic rings. The third-order valence-corrected chi connectivity index (χ3v) is 6.39. The van der Waals surface area contributed by atoms with Crippen molar-refractivity contribution in [3.63, 3.8) is 0 Å². The van der Waals surface area contributed by atoms with E-state index in [4.69, 9.17) is 14.2 Å². The molecule has 1 N–H and O–H groups in total. The first-order chi connectivity index (χ1) is 16.7. The smallest absolute Gasteiger partial charge is 0.408 e. The second-order valence-corrected chi connectivity index (χ2v) is 10.5. The molecule has 1 amide bonds. The Morgan fingerprint density at radius 1 is 1.20 bits per heavy atom. The van der Waals surface area contributed by atoms with Gasteiger partial charge >= 0.3 is 6.09 Å². The number of hydrogen-bond donors (Lipinski definition) is 1. The minimum atomic E-state index is -0.537. The van der Waals surface area contributed by atoms with Crippen molar-refractivity contribution in [1.29, 1.82) is 0 Å². The lowest BCUT2D eigenvalue weighted by atomic mass is 9.84. The van der Waals surface area contributed by atoms with E-state index in [0.717, 1.165) is 46.9 Å². The Labute approximate surface area is 205 Å². The standard InChI is InChI=1S/C28H32N4O3/c1-17(2)32-15-14-18-16-19(12-13-24(18)32)26-30-25(31-35-26)22-10-6-9-21-20(22)8-7-11-23(21)29-27(33)34-28(3,4)5/h6,9-10,12-17,23H,7-8,11H2,1-5H3,(H,29,33). The second-order valence-electron chi connectivity index (χ2n) is 10.5. The number of ether oxygens (including phenoxy) is 1. The summed E-state index contributed by atoms with van der Waals surface area (Å²) >= 11 is 0. The molecule has 0 spiro atoms. The number of nitrogens with zero attached hydrogens (tertiary/aromatic N) is 3. The first kappa shape index (κ1) is 23.1. The highest BCUT2D eigenvalue weighted by molar-refractivity contribution is 5.84. The van der Waals surface area contributed by atoms with Gasteiger partial charge in [0.1, 0.15) is 5.60 Å². The molecular weight excluding hydrogens is 440 g/mol. The molecule has 182 valence electrons. The number of nitrogens with one attached hydrogen (secondary N) is 1. The summed E-state index contributed by atoms with van der Waals surface area (Å²) in [6.45, 7) is 9.94. The third-order valence-electron chi connectivity index (χ3n) is 6.39. The molecule has 2 heterocycles. The van der Waals surface area contributed by atoms with Gasteiger partial charge in [0.05, 0.1) is 6.04 Å². The molecule has 0 radical (unpaired) electrons. The SMILES string of the molecule is CC(C)n1ccc2cc(-c3nc(-c4cccc5c4CCCC5NC(=O)OC(C)(C)C)no3)ccc21. The van der Waals surface area contributed by atoms with Crippen LogP contribution in [0.2, 0.25) is 0 Å². The number of fused-ring (bicyclic) bond motifs is 2. The molecule has 0 fully saturated rings. The van der Waals surface area contributed by atoms with Gasteiger partial charge < -0.3 is 19.1 Å². The van der Waals surface area contributed by atoms with Gasteiger partial charge in [-0.15, -0.1) is 0 Å². The van der Waals surface area contributed by atoms with E-state index in [9.17, 15) is 4.79 Å². The lowest BCUT2D eigenvalue weighted by Crippen LogP contribution is -2.36. The molecule has 4 aromatic rings. The zero-order valence-corrected chi connectivity index (χ0v) is 21.0. The van der Waals surface area contributed by atoms with E-state index in [1.807, 2.05) is 39.0 Å². The molecule has 0 saturated carbocycles. The molecular formula is C28H32N4O3. The highest BCUT2D eigenvalue weighted by Gasteiger charge is 2.27. The Morgan fingerprint density at radius 2 is 2.03 bits per heavy atom. The molecule has 2 aromatic carbocycles. The van der Waals surface area contributed by atoms with Crippen LogP contribution < -0.4 is 5.32 Å². The van der Waals surface area contributed by atoms with Gasteiger partial charge in [-0.2, -0.15) is 4.98 Å². The summed E-state index contributed by atoms with van der Waals surface area (Å²) in [7, 11) is 0. The minimum Gasteiger partial charge on any atom is -0.444 e. The second kappa shape index (κ2) is 8.87. The summed E-state index contributed by atoms with van der Waals surface area (Å²) in [6.07, 6.45) is 4.43. The van der Waals surface area contributed by atoms with Gasteiger partial charge in [-0.1, -0.05) is 23.4 Å². The summed E-state index contributed by atoms with van der Waals surface area (Å²) in [5.41, 5.74) is 4.72. The van der Waals surface area contributed by atoms with Crippen LogP contribution in [-0.2, 0) is 11.2 Å². The number of hydrogen-bond acceptors (Lipinski definition) is 5. The van der Waals surface area contributed by atoms with Crippen molar-refractivity contribution in [3.8, 4) is 22.8 Å². The van der Waals surface area contributed by atoms with Crippen molar-refractivity contribution in [2.45, 2.75) is 71.6 Å². The quantitative estimate of drug-likeness (QED) is 0.351. The average Bonchev–Trinajstić information content (AvgIpc) is 3.45. The monoisotopic (exact) mass is 472 g/mol. The molecule has 2 aromatic heterocycles. The van der Waals surface area contributed by atoms with E-state index in [0.29, 0.717) is 17.8 Å². The number of aromatic nitrogens is 3. The molecule has 0 bridgehead atoms. The van der Waals surface area contributed by atoms with Gasteiger partial charge in [0.15, 0.2) is 0 Å². The lowest BCUT2D eigenvalue weighted by molar-refractivity contribution is 0.0498. The molecule has 7 nitrogen and oxygen atoms in total. The summed E-state index contributed by atoms with van der Waals surface area (Å²) in [4.78, 5) is 17.2. The Bertz CT molecular complexity index is 1380. The van der Waals surface area contributed by atoms with Crippen molar-refractivity contribution >= 4 is 17.0 Å². The van der Waals surface area contributed by atoms with E-state index in [2.05, 4.69) is 59.4 Å². The van der Waals surface area contributed by atoms with Crippen molar-refractivity contribution in [3.05, 3.63) is 59.8 Å². The largest absolute Gasteiger partial charge is 0.444 e. The molecule has 1 atom stereocenters. The maximum atomic E-state index is 12.4. The summed E-state index contributed by atoms with van der Waals surface area (Å²) in [6, 6.07) is 14.7. The Hall–Kier alpha value is -3.61. The van der Waals surface area contributed by atoms with Gasteiger partial charge in [-0.05, 0) is 89.3 Å². The first-order valence-electron chi connectivity index (χ1n) is 12.3. The van der Waals surface area contributed by atoms with E-state index >= 15 is 0 Å². The van der Waals surface area contributed by atoms with E-state index in [1.165, 1.54) is 5.52 Å². The van der Waals surface area contributed by atoms with E-state index in [1.54, 1.807) is 0 Å². The number of benzene rings is 2. The van der Waals surface area contributed by atoms with Crippen LogP contribution in [0.4, 0.5) is 4.79 Å². The highest BCUT2D eigenvalue weighted by Crippen LogP contribution is 2.36. The predicted octanol–water partition coefficient (Wildman–Crippen LogP) is 6.84. The molecule has 5 rings (SSSR count). The van der Waals surface area contributed by atoms with Crippen molar-refractivity contribution in [2.24, 2.45) is 0 Å². The fraction of sp³-hybridized carbons (Fsp3) is 0.393. The van der Waals surface area contributed by atoms with Crippen LogP contribution >= 0.6 is 0 Å². The van der Waals surface area contributed by atoms with Crippen LogP contribution in [0, 0.1) is 0 Å². The van der Waals surface area contributed by atoms with Gasteiger partial charge in [-0.3, -0.25) is 0 Å². The number of rotatable bonds is 4. The lowest BCUT2D eigenvalue weighted by Gasteiger charge is -2.29. The molecule has 0 aliphatic heterocycles.